The maximum absolute atomic E-state index is 11.3. The number of esters is 1. The molecule has 0 aliphatic rings. The summed E-state index contributed by atoms with van der Waals surface area (Å²) in [6, 6.07) is 0. The van der Waals surface area contributed by atoms with Crippen LogP contribution in [0.5, 0.6) is 0 Å². The monoisotopic (exact) mass is 242 g/mol. The lowest BCUT2D eigenvalue weighted by atomic mass is 10.5. The number of hydrogen-bond donors (Lipinski definition) is 0. The van der Waals surface area contributed by atoms with Gasteiger partial charge in [0, 0.05) is 18.9 Å². The molecule has 0 aromatic carbocycles. The van der Waals surface area contributed by atoms with Crippen molar-refractivity contribution < 1.29 is 9.53 Å². The maximum Gasteiger partial charge on any atom is 0.316 e. The van der Waals surface area contributed by atoms with Crippen LogP contribution >= 0.6 is 11.8 Å². The predicted octanol–water partition coefficient (Wildman–Crippen LogP) is 2.09. The summed E-state index contributed by atoms with van der Waals surface area (Å²) >= 11 is 1.53. The van der Waals surface area contributed by atoms with Crippen molar-refractivity contribution in [2.45, 2.75) is 39.2 Å². The van der Waals surface area contributed by atoms with Crippen molar-refractivity contribution in [1.29, 1.82) is 0 Å². The molecule has 0 aliphatic carbocycles. The van der Waals surface area contributed by atoms with Crippen LogP contribution in [0.25, 0.3) is 0 Å². The lowest BCUT2D eigenvalue weighted by Gasteiger charge is -2.07. The zero-order chi connectivity index (χ0) is 12.0. The van der Waals surface area contributed by atoms with E-state index >= 15 is 0 Å². The topological polar surface area (TPSA) is 44.1 Å². The fraction of sp³-hybridized carbons (Fsp3) is 0.636. The highest BCUT2D eigenvalue weighted by molar-refractivity contribution is 7.99. The number of aryl methyl sites for hydroxylation is 1. The Morgan fingerprint density at radius 3 is 3.00 bits per heavy atom. The van der Waals surface area contributed by atoms with Gasteiger partial charge >= 0.3 is 5.97 Å². The molecule has 0 amide bonds. The Kier molecular flexibility index (Phi) is 5.38. The van der Waals surface area contributed by atoms with E-state index in [1.165, 1.54) is 11.8 Å². The number of ether oxygens (including phenoxy) is 1. The van der Waals surface area contributed by atoms with Crippen LogP contribution in [0.2, 0.25) is 0 Å². The molecule has 0 saturated carbocycles. The van der Waals surface area contributed by atoms with Crippen molar-refractivity contribution in [2.24, 2.45) is 0 Å². The Labute approximate surface area is 100 Å². The van der Waals surface area contributed by atoms with Gasteiger partial charge in [0.1, 0.15) is 5.82 Å². The van der Waals surface area contributed by atoms with Gasteiger partial charge < -0.3 is 9.30 Å². The highest BCUT2D eigenvalue weighted by atomic mass is 32.2. The van der Waals surface area contributed by atoms with Crippen LogP contribution in [-0.2, 0) is 21.8 Å². The first-order chi connectivity index (χ1) is 7.63. The molecule has 16 heavy (non-hydrogen) atoms. The molecule has 0 fully saturated rings. The third-order valence-corrected chi connectivity index (χ3v) is 2.86. The Morgan fingerprint density at radius 1 is 1.62 bits per heavy atom. The van der Waals surface area contributed by atoms with Crippen molar-refractivity contribution in [3.05, 3.63) is 18.2 Å². The molecule has 0 N–H and O–H groups in total. The van der Waals surface area contributed by atoms with Crippen LogP contribution in [0, 0.1) is 0 Å². The summed E-state index contributed by atoms with van der Waals surface area (Å²) in [7, 11) is 0. The molecule has 1 heterocycles. The average molecular weight is 242 g/mol. The van der Waals surface area contributed by atoms with E-state index in [0.717, 1.165) is 18.1 Å². The van der Waals surface area contributed by atoms with Gasteiger partial charge in [0.25, 0.3) is 0 Å². The average Bonchev–Trinajstić information content (AvgIpc) is 2.64. The van der Waals surface area contributed by atoms with Crippen LogP contribution in [0.1, 0.15) is 26.6 Å². The second-order valence-corrected chi connectivity index (χ2v) is 4.65. The molecule has 0 aliphatic heterocycles. The van der Waals surface area contributed by atoms with Gasteiger partial charge in [-0.15, -0.1) is 11.8 Å². The summed E-state index contributed by atoms with van der Waals surface area (Å²) in [4.78, 5) is 15.5. The molecule has 5 heteroatoms. The van der Waals surface area contributed by atoms with E-state index in [4.69, 9.17) is 4.74 Å². The second kappa shape index (κ2) is 6.58. The summed E-state index contributed by atoms with van der Waals surface area (Å²) in [6.45, 7) is 6.69. The third-order valence-electron chi connectivity index (χ3n) is 1.96. The molecule has 4 nitrogen and oxygen atoms in total. The predicted molar refractivity (Wildman–Crippen MR) is 65.3 cm³/mol. The molecule has 1 rings (SSSR count). The third kappa shape index (κ3) is 4.26. The molecule has 0 spiro atoms. The van der Waals surface area contributed by atoms with Gasteiger partial charge in [-0.2, -0.15) is 0 Å². The highest BCUT2D eigenvalue weighted by Gasteiger charge is 2.07. The minimum absolute atomic E-state index is 0.0364. The Balaban J connectivity index is 2.28. The normalized spacial score (nSPS) is 10.8. The van der Waals surface area contributed by atoms with Crippen LogP contribution in [-0.4, -0.2) is 27.4 Å². The van der Waals surface area contributed by atoms with Gasteiger partial charge in [-0.25, -0.2) is 4.98 Å². The van der Waals surface area contributed by atoms with Crippen LogP contribution in [0.3, 0.4) is 0 Å². The van der Waals surface area contributed by atoms with Crippen LogP contribution in [0.4, 0.5) is 0 Å². The van der Waals surface area contributed by atoms with Gasteiger partial charge in [0.05, 0.1) is 17.6 Å². The minimum Gasteiger partial charge on any atom is -0.462 e. The first kappa shape index (κ1) is 13.1. The summed E-state index contributed by atoms with van der Waals surface area (Å²) in [6.07, 6.45) is 3.69. The van der Waals surface area contributed by atoms with Crippen molar-refractivity contribution in [3.8, 4) is 0 Å². The number of imidazole rings is 1. The molecule has 0 unspecified atom stereocenters. The Morgan fingerprint density at radius 2 is 2.38 bits per heavy atom. The number of hydrogen-bond acceptors (Lipinski definition) is 4. The first-order valence-electron chi connectivity index (χ1n) is 5.40. The number of rotatable bonds is 6. The molecule has 1 aromatic heterocycles. The summed E-state index contributed by atoms with van der Waals surface area (Å²) in [5, 5.41) is 0. The molecule has 0 radical (unpaired) electrons. The Hall–Kier alpha value is -0.970. The van der Waals surface area contributed by atoms with Crippen LogP contribution < -0.4 is 0 Å². The molecular formula is C11H18N2O2S. The van der Waals surface area contributed by atoms with E-state index < -0.39 is 0 Å². The van der Waals surface area contributed by atoms with E-state index in [1.54, 1.807) is 6.20 Å². The number of carbonyl (C=O) groups excluding carboxylic acids is 1. The van der Waals surface area contributed by atoms with E-state index in [1.807, 2.05) is 20.0 Å². The SMILES string of the molecule is CCn1ccnc1CSCC(=O)OC(C)C. The van der Waals surface area contributed by atoms with Crippen molar-refractivity contribution in [1.82, 2.24) is 9.55 Å². The number of nitrogens with zero attached hydrogens (tertiary/aromatic N) is 2. The van der Waals surface area contributed by atoms with Crippen LogP contribution in [0.15, 0.2) is 12.4 Å². The quantitative estimate of drug-likeness (QED) is 0.716. The molecule has 0 saturated heterocycles. The van der Waals surface area contributed by atoms with Gasteiger partial charge in [-0.1, -0.05) is 0 Å². The largest absolute Gasteiger partial charge is 0.462 e. The first-order valence-corrected chi connectivity index (χ1v) is 6.56. The van der Waals surface area contributed by atoms with Crippen molar-refractivity contribution in [2.75, 3.05) is 5.75 Å². The summed E-state index contributed by atoms with van der Waals surface area (Å²) < 4.78 is 7.11. The highest BCUT2D eigenvalue weighted by Crippen LogP contribution is 2.11. The zero-order valence-electron chi connectivity index (χ0n) is 9.97. The smallest absolute Gasteiger partial charge is 0.316 e. The summed E-state index contributed by atoms with van der Waals surface area (Å²) in [5.74, 6) is 1.97. The molecule has 0 atom stereocenters. The number of aromatic nitrogens is 2. The minimum atomic E-state index is -0.158. The fourth-order valence-electron chi connectivity index (χ4n) is 1.29. The van der Waals surface area contributed by atoms with E-state index in [0.29, 0.717) is 5.75 Å². The van der Waals surface area contributed by atoms with Gasteiger partial charge in [-0.05, 0) is 20.8 Å². The van der Waals surface area contributed by atoms with E-state index in [2.05, 4.69) is 16.5 Å². The van der Waals surface area contributed by atoms with Gasteiger partial charge in [0.15, 0.2) is 0 Å². The summed E-state index contributed by atoms with van der Waals surface area (Å²) in [5.41, 5.74) is 0. The second-order valence-electron chi connectivity index (χ2n) is 3.66. The molecule has 0 bridgehead atoms. The van der Waals surface area contributed by atoms with Gasteiger partial charge in [-0.3, -0.25) is 4.79 Å². The molecule has 1 aromatic rings. The van der Waals surface area contributed by atoms with E-state index in [-0.39, 0.29) is 12.1 Å². The number of carbonyl (C=O) groups is 1. The maximum atomic E-state index is 11.3. The van der Waals surface area contributed by atoms with Gasteiger partial charge in [0.2, 0.25) is 0 Å². The number of thioether (sulfide) groups is 1. The lowest BCUT2D eigenvalue weighted by molar-refractivity contribution is -0.144. The molecule has 90 valence electrons. The van der Waals surface area contributed by atoms with E-state index in [9.17, 15) is 4.79 Å². The Bertz CT molecular complexity index is 336. The zero-order valence-corrected chi connectivity index (χ0v) is 10.8. The van der Waals surface area contributed by atoms with Crippen molar-refractivity contribution in [3.63, 3.8) is 0 Å². The van der Waals surface area contributed by atoms with Crippen molar-refractivity contribution >= 4 is 17.7 Å². The standard InChI is InChI=1S/C11H18N2O2S/c1-4-13-6-5-12-10(13)7-16-8-11(14)15-9(2)3/h5-6,9H,4,7-8H2,1-3H3. The lowest BCUT2D eigenvalue weighted by Crippen LogP contribution is -2.13. The molecular weight excluding hydrogens is 224 g/mol. The fourth-order valence-corrected chi connectivity index (χ4v) is 2.05.